The Kier molecular flexibility index (Phi) is 4.50. The summed E-state index contributed by atoms with van der Waals surface area (Å²) in [6.45, 7) is 6.01. The molecule has 0 aliphatic carbocycles. The van der Waals surface area contributed by atoms with Gasteiger partial charge in [-0.25, -0.2) is 8.78 Å². The molecule has 0 aliphatic heterocycles. The Morgan fingerprint density at radius 2 is 1.50 bits per heavy atom. The Balaban J connectivity index is 2.15. The minimum atomic E-state index is -0.544. The van der Waals surface area contributed by atoms with Crippen LogP contribution in [0.4, 0.5) is 8.78 Å². The van der Waals surface area contributed by atoms with E-state index in [-0.39, 0.29) is 12.1 Å². The molecule has 0 amide bonds. The fourth-order valence-electron chi connectivity index (χ4n) is 2.46. The second-order valence-corrected chi connectivity index (χ2v) is 5.17. The van der Waals surface area contributed by atoms with E-state index in [0.717, 1.165) is 6.07 Å². The summed E-state index contributed by atoms with van der Waals surface area (Å²) in [6.07, 6.45) is 0. The highest BCUT2D eigenvalue weighted by molar-refractivity contribution is 5.29. The summed E-state index contributed by atoms with van der Waals surface area (Å²) in [5.74, 6) is -1.09. The van der Waals surface area contributed by atoms with Gasteiger partial charge >= 0.3 is 0 Å². The summed E-state index contributed by atoms with van der Waals surface area (Å²) in [7, 11) is 0. The van der Waals surface area contributed by atoms with Crippen LogP contribution in [0.25, 0.3) is 0 Å². The maximum Gasteiger partial charge on any atom is 0.126 e. The first-order chi connectivity index (χ1) is 9.47. The van der Waals surface area contributed by atoms with Gasteiger partial charge in [-0.3, -0.25) is 0 Å². The smallest absolute Gasteiger partial charge is 0.126 e. The van der Waals surface area contributed by atoms with Crippen molar-refractivity contribution in [3.8, 4) is 0 Å². The van der Waals surface area contributed by atoms with Crippen molar-refractivity contribution in [2.24, 2.45) is 0 Å². The van der Waals surface area contributed by atoms with E-state index < -0.39 is 11.6 Å². The van der Waals surface area contributed by atoms with Gasteiger partial charge in [-0.15, -0.1) is 0 Å². The van der Waals surface area contributed by atoms with Crippen molar-refractivity contribution in [3.63, 3.8) is 0 Å². The molecular formula is C17H19F2N. The van der Waals surface area contributed by atoms with Crippen molar-refractivity contribution in [2.45, 2.75) is 32.9 Å². The Labute approximate surface area is 118 Å². The zero-order valence-electron chi connectivity index (χ0n) is 12.0. The average Bonchev–Trinajstić information content (AvgIpc) is 2.37. The lowest BCUT2D eigenvalue weighted by atomic mass is 10.0. The van der Waals surface area contributed by atoms with Gasteiger partial charge in [-0.05, 0) is 49.6 Å². The lowest BCUT2D eigenvalue weighted by molar-refractivity contribution is 0.486. The molecule has 2 aromatic rings. The molecule has 0 saturated heterocycles. The lowest BCUT2D eigenvalue weighted by Crippen LogP contribution is -2.23. The van der Waals surface area contributed by atoms with E-state index in [4.69, 9.17) is 0 Å². The molecule has 2 rings (SSSR count). The molecule has 0 aliphatic rings. The fraction of sp³-hybridized carbons (Fsp3) is 0.294. The molecule has 0 aromatic heterocycles. The predicted molar refractivity (Wildman–Crippen MR) is 77.5 cm³/mol. The molecule has 0 bridgehead atoms. The van der Waals surface area contributed by atoms with Crippen LogP contribution in [0.1, 0.15) is 42.6 Å². The highest BCUT2D eigenvalue weighted by Crippen LogP contribution is 2.22. The van der Waals surface area contributed by atoms with E-state index in [9.17, 15) is 8.78 Å². The third-order valence-electron chi connectivity index (χ3n) is 3.54. The van der Waals surface area contributed by atoms with Gasteiger partial charge < -0.3 is 5.32 Å². The van der Waals surface area contributed by atoms with Crippen LogP contribution in [0.3, 0.4) is 0 Å². The van der Waals surface area contributed by atoms with E-state index in [1.54, 1.807) is 0 Å². The van der Waals surface area contributed by atoms with Crippen LogP contribution in [-0.2, 0) is 0 Å². The third kappa shape index (κ3) is 3.42. The van der Waals surface area contributed by atoms with Crippen molar-refractivity contribution in [1.82, 2.24) is 5.32 Å². The van der Waals surface area contributed by atoms with Crippen LogP contribution in [0.15, 0.2) is 42.5 Å². The quantitative estimate of drug-likeness (QED) is 0.854. The molecule has 0 saturated carbocycles. The van der Waals surface area contributed by atoms with Gasteiger partial charge in [0.1, 0.15) is 11.6 Å². The van der Waals surface area contributed by atoms with E-state index >= 15 is 0 Å². The highest BCUT2D eigenvalue weighted by Gasteiger charge is 2.14. The summed E-state index contributed by atoms with van der Waals surface area (Å²) < 4.78 is 26.5. The van der Waals surface area contributed by atoms with Crippen LogP contribution in [-0.4, -0.2) is 0 Å². The van der Waals surface area contributed by atoms with Crippen LogP contribution in [0, 0.1) is 18.6 Å². The van der Waals surface area contributed by atoms with Crippen molar-refractivity contribution < 1.29 is 8.78 Å². The number of nitrogens with one attached hydrogen (secondary N) is 1. The SMILES string of the molecule is Cc1ccccc1[C@@H](C)NC(C)c1cc(F)cc(F)c1. The van der Waals surface area contributed by atoms with E-state index in [0.29, 0.717) is 5.56 Å². The molecule has 20 heavy (non-hydrogen) atoms. The minimum absolute atomic E-state index is 0.109. The standard InChI is InChI=1S/C17H19F2N/c1-11-6-4-5-7-17(11)13(3)20-12(2)14-8-15(18)10-16(19)9-14/h4-10,12-13,20H,1-3H3/t12?,13-/m1/s1. The van der Waals surface area contributed by atoms with Crippen LogP contribution >= 0.6 is 0 Å². The van der Waals surface area contributed by atoms with Gasteiger partial charge in [0.25, 0.3) is 0 Å². The van der Waals surface area contributed by atoms with Gasteiger partial charge in [-0.2, -0.15) is 0 Å². The van der Waals surface area contributed by atoms with Crippen LogP contribution in [0.2, 0.25) is 0 Å². The first-order valence-corrected chi connectivity index (χ1v) is 6.75. The third-order valence-corrected chi connectivity index (χ3v) is 3.54. The summed E-state index contributed by atoms with van der Waals surface area (Å²) in [5.41, 5.74) is 3.00. The van der Waals surface area contributed by atoms with Crippen molar-refractivity contribution in [3.05, 3.63) is 70.8 Å². The van der Waals surface area contributed by atoms with Crippen molar-refractivity contribution in [1.29, 1.82) is 0 Å². The Hall–Kier alpha value is -1.74. The zero-order chi connectivity index (χ0) is 14.7. The molecule has 106 valence electrons. The molecule has 3 heteroatoms. The average molecular weight is 275 g/mol. The normalized spacial score (nSPS) is 14.1. The van der Waals surface area contributed by atoms with Gasteiger partial charge in [0, 0.05) is 18.2 Å². The van der Waals surface area contributed by atoms with E-state index in [1.807, 2.05) is 19.1 Å². The van der Waals surface area contributed by atoms with E-state index in [1.165, 1.54) is 23.3 Å². The predicted octanol–water partition coefficient (Wildman–Crippen LogP) is 4.69. The number of hydrogen-bond donors (Lipinski definition) is 1. The van der Waals surface area contributed by atoms with Gasteiger partial charge in [0.15, 0.2) is 0 Å². The molecular weight excluding hydrogens is 256 g/mol. The second-order valence-electron chi connectivity index (χ2n) is 5.17. The second kappa shape index (κ2) is 6.14. The number of benzene rings is 2. The van der Waals surface area contributed by atoms with Gasteiger partial charge in [0.05, 0.1) is 0 Å². The highest BCUT2D eigenvalue weighted by atomic mass is 19.1. The van der Waals surface area contributed by atoms with Crippen molar-refractivity contribution >= 4 is 0 Å². The van der Waals surface area contributed by atoms with Crippen LogP contribution in [0.5, 0.6) is 0 Å². The topological polar surface area (TPSA) is 12.0 Å². The number of halogens is 2. The first-order valence-electron chi connectivity index (χ1n) is 6.75. The largest absolute Gasteiger partial charge is 0.304 e. The van der Waals surface area contributed by atoms with Gasteiger partial charge in [-0.1, -0.05) is 24.3 Å². The van der Waals surface area contributed by atoms with Crippen molar-refractivity contribution in [2.75, 3.05) is 0 Å². The number of hydrogen-bond acceptors (Lipinski definition) is 1. The molecule has 0 fully saturated rings. The lowest BCUT2D eigenvalue weighted by Gasteiger charge is -2.22. The van der Waals surface area contributed by atoms with Gasteiger partial charge in [0.2, 0.25) is 0 Å². The van der Waals surface area contributed by atoms with E-state index in [2.05, 4.69) is 31.3 Å². The fourth-order valence-corrected chi connectivity index (χ4v) is 2.46. The molecule has 2 atom stereocenters. The summed E-state index contributed by atoms with van der Waals surface area (Å²) >= 11 is 0. The summed E-state index contributed by atoms with van der Waals surface area (Å²) in [4.78, 5) is 0. The molecule has 1 N–H and O–H groups in total. The molecule has 0 heterocycles. The monoisotopic (exact) mass is 275 g/mol. The maximum absolute atomic E-state index is 13.2. The number of aryl methyl sites for hydroxylation is 1. The number of rotatable bonds is 4. The minimum Gasteiger partial charge on any atom is -0.304 e. The molecule has 0 spiro atoms. The molecule has 0 radical (unpaired) electrons. The summed E-state index contributed by atoms with van der Waals surface area (Å²) in [6, 6.07) is 11.7. The molecule has 1 unspecified atom stereocenters. The van der Waals surface area contributed by atoms with Crippen LogP contribution < -0.4 is 5.32 Å². The Morgan fingerprint density at radius 1 is 0.900 bits per heavy atom. The zero-order valence-corrected chi connectivity index (χ0v) is 12.0. The maximum atomic E-state index is 13.2. The Morgan fingerprint density at radius 3 is 2.10 bits per heavy atom. The molecule has 1 nitrogen and oxygen atoms in total. The first kappa shape index (κ1) is 14.7. The Bertz CT molecular complexity index is 575. The summed E-state index contributed by atoms with van der Waals surface area (Å²) in [5, 5.41) is 3.37. The molecule has 2 aromatic carbocycles.